The topological polar surface area (TPSA) is 62.5 Å². The number of hydrogen-bond acceptors (Lipinski definition) is 4. The first-order valence-electron chi connectivity index (χ1n) is 5.96. The molecule has 0 bridgehead atoms. The van der Waals surface area contributed by atoms with Gasteiger partial charge < -0.3 is 14.8 Å². The van der Waals surface area contributed by atoms with Gasteiger partial charge in [-0.25, -0.2) is 0 Å². The number of amides is 1. The summed E-state index contributed by atoms with van der Waals surface area (Å²) in [5, 5.41) is 12.0. The monoisotopic (exact) mass is 291 g/mol. The smallest absolute Gasteiger partial charge is 0.287 e. The van der Waals surface area contributed by atoms with Gasteiger partial charge in [-0.15, -0.1) is 0 Å². The molecule has 0 spiro atoms. The molecule has 1 amide bonds. The molecule has 1 aromatic heterocycles. The fourth-order valence-electron chi connectivity index (χ4n) is 1.95. The third-order valence-electron chi connectivity index (χ3n) is 3.23. The summed E-state index contributed by atoms with van der Waals surface area (Å²) >= 11 is 0.444. The average molecular weight is 291 g/mol. The number of alkyl halides is 2. The SMILES string of the molecule is O=C(NC1(CO)CCC1)c1ccc(CSC(F)F)o1. The summed E-state index contributed by atoms with van der Waals surface area (Å²) in [4.78, 5) is 11.9. The Morgan fingerprint density at radius 1 is 1.53 bits per heavy atom. The Labute approximate surface area is 113 Å². The van der Waals surface area contributed by atoms with Crippen LogP contribution in [0.5, 0.6) is 0 Å². The van der Waals surface area contributed by atoms with Crippen LogP contribution in [0.25, 0.3) is 0 Å². The maximum Gasteiger partial charge on any atom is 0.287 e. The third kappa shape index (κ3) is 3.48. The van der Waals surface area contributed by atoms with Crippen LogP contribution >= 0.6 is 11.8 Å². The lowest BCUT2D eigenvalue weighted by molar-refractivity contribution is 0.0618. The van der Waals surface area contributed by atoms with Crippen molar-refractivity contribution in [3.63, 3.8) is 0 Å². The summed E-state index contributed by atoms with van der Waals surface area (Å²) in [7, 11) is 0. The van der Waals surface area contributed by atoms with E-state index in [-0.39, 0.29) is 18.1 Å². The van der Waals surface area contributed by atoms with Crippen molar-refractivity contribution in [3.8, 4) is 0 Å². The van der Waals surface area contributed by atoms with Gasteiger partial charge in [0.05, 0.1) is 17.9 Å². The average Bonchev–Trinajstić information content (AvgIpc) is 2.80. The first kappa shape index (κ1) is 14.3. The lowest BCUT2D eigenvalue weighted by Crippen LogP contribution is -2.56. The number of furan rings is 1. The summed E-state index contributed by atoms with van der Waals surface area (Å²) in [6, 6.07) is 2.97. The third-order valence-corrected chi connectivity index (χ3v) is 3.93. The quantitative estimate of drug-likeness (QED) is 0.844. The Morgan fingerprint density at radius 2 is 2.26 bits per heavy atom. The van der Waals surface area contributed by atoms with Crippen LogP contribution < -0.4 is 5.32 Å². The van der Waals surface area contributed by atoms with Gasteiger partial charge in [0.1, 0.15) is 5.76 Å². The Bertz CT molecular complexity index is 440. The maximum absolute atomic E-state index is 12.0. The van der Waals surface area contributed by atoms with E-state index in [0.29, 0.717) is 17.5 Å². The molecule has 1 aliphatic carbocycles. The minimum atomic E-state index is -2.46. The Balaban J connectivity index is 1.92. The van der Waals surface area contributed by atoms with E-state index in [1.807, 2.05) is 0 Å². The number of carbonyl (C=O) groups is 1. The van der Waals surface area contributed by atoms with E-state index in [4.69, 9.17) is 4.42 Å². The summed E-state index contributed by atoms with van der Waals surface area (Å²) in [5.74, 6) is -2.43. The first-order valence-corrected chi connectivity index (χ1v) is 7.01. The van der Waals surface area contributed by atoms with Gasteiger partial charge in [-0.05, 0) is 31.4 Å². The van der Waals surface area contributed by atoms with Gasteiger partial charge in [0.25, 0.3) is 11.7 Å². The Kier molecular flexibility index (Phi) is 4.46. The first-order chi connectivity index (χ1) is 9.04. The summed E-state index contributed by atoms with van der Waals surface area (Å²) in [5.41, 5.74) is -0.540. The van der Waals surface area contributed by atoms with Crippen molar-refractivity contribution >= 4 is 17.7 Å². The second-order valence-electron chi connectivity index (χ2n) is 4.58. The zero-order valence-electron chi connectivity index (χ0n) is 10.2. The minimum Gasteiger partial charge on any atom is -0.455 e. The molecule has 1 fully saturated rings. The molecule has 0 aromatic carbocycles. The number of aliphatic hydroxyl groups excluding tert-OH is 1. The number of carbonyl (C=O) groups excluding carboxylic acids is 1. The van der Waals surface area contributed by atoms with Crippen LogP contribution in [0.3, 0.4) is 0 Å². The molecule has 0 radical (unpaired) electrons. The summed E-state index contributed by atoms with van der Waals surface area (Å²) < 4.78 is 29.3. The molecule has 1 heterocycles. The predicted molar refractivity (Wildman–Crippen MR) is 67.1 cm³/mol. The molecule has 4 nitrogen and oxygen atoms in total. The van der Waals surface area contributed by atoms with Crippen LogP contribution in [0.15, 0.2) is 16.5 Å². The van der Waals surface area contributed by atoms with E-state index in [1.54, 1.807) is 0 Å². The highest BCUT2D eigenvalue weighted by molar-refractivity contribution is 7.98. The van der Waals surface area contributed by atoms with Crippen LogP contribution in [0.1, 0.15) is 35.6 Å². The fraction of sp³-hybridized carbons (Fsp3) is 0.583. The van der Waals surface area contributed by atoms with Gasteiger partial charge >= 0.3 is 0 Å². The van der Waals surface area contributed by atoms with Gasteiger partial charge in [0, 0.05) is 0 Å². The summed E-state index contributed by atoms with van der Waals surface area (Å²) in [6.45, 7) is -0.104. The number of halogens is 2. The highest BCUT2D eigenvalue weighted by Gasteiger charge is 2.38. The normalized spacial score (nSPS) is 17.3. The lowest BCUT2D eigenvalue weighted by atomic mass is 9.77. The van der Waals surface area contributed by atoms with Crippen molar-refractivity contribution in [2.75, 3.05) is 6.61 Å². The molecule has 106 valence electrons. The number of hydrogen-bond donors (Lipinski definition) is 2. The van der Waals surface area contributed by atoms with Gasteiger partial charge in [-0.1, -0.05) is 11.8 Å². The van der Waals surface area contributed by atoms with Crippen LogP contribution in [0.4, 0.5) is 8.78 Å². The van der Waals surface area contributed by atoms with Crippen molar-refractivity contribution < 1.29 is 23.1 Å². The van der Waals surface area contributed by atoms with E-state index < -0.39 is 17.2 Å². The Morgan fingerprint density at radius 3 is 2.79 bits per heavy atom. The summed E-state index contributed by atoms with van der Waals surface area (Å²) in [6.07, 6.45) is 2.45. The zero-order chi connectivity index (χ0) is 13.9. The molecule has 2 rings (SSSR count). The largest absolute Gasteiger partial charge is 0.455 e. The molecule has 0 atom stereocenters. The molecule has 1 saturated carbocycles. The van der Waals surface area contributed by atoms with Gasteiger partial charge in [-0.2, -0.15) is 8.78 Å². The molecule has 0 unspecified atom stereocenters. The van der Waals surface area contributed by atoms with Crippen molar-refractivity contribution in [3.05, 3.63) is 23.7 Å². The van der Waals surface area contributed by atoms with Crippen molar-refractivity contribution in [2.24, 2.45) is 0 Å². The van der Waals surface area contributed by atoms with Crippen molar-refractivity contribution in [1.82, 2.24) is 5.32 Å². The molecule has 0 saturated heterocycles. The maximum atomic E-state index is 12.0. The molecule has 2 N–H and O–H groups in total. The fourth-order valence-corrected chi connectivity index (χ4v) is 2.40. The van der Waals surface area contributed by atoms with Gasteiger partial charge in [-0.3, -0.25) is 4.79 Å². The van der Waals surface area contributed by atoms with E-state index >= 15 is 0 Å². The van der Waals surface area contributed by atoms with Crippen molar-refractivity contribution in [1.29, 1.82) is 0 Å². The number of thioether (sulfide) groups is 1. The van der Waals surface area contributed by atoms with Crippen LogP contribution in [-0.2, 0) is 5.75 Å². The molecule has 19 heavy (non-hydrogen) atoms. The van der Waals surface area contributed by atoms with Crippen molar-refractivity contribution in [2.45, 2.75) is 36.3 Å². The number of nitrogens with one attached hydrogen (secondary N) is 1. The standard InChI is InChI=1S/C12H15F2NO3S/c13-11(14)19-6-8-2-3-9(18-8)10(17)15-12(7-16)4-1-5-12/h2-3,11,16H,1,4-7H2,(H,15,17). The van der Waals surface area contributed by atoms with Gasteiger partial charge in [0.15, 0.2) is 5.76 Å². The van der Waals surface area contributed by atoms with Gasteiger partial charge in [0.2, 0.25) is 0 Å². The van der Waals surface area contributed by atoms with E-state index in [1.165, 1.54) is 12.1 Å². The molecular formula is C12H15F2NO3S. The highest BCUT2D eigenvalue weighted by Crippen LogP contribution is 2.31. The molecule has 1 aliphatic rings. The zero-order valence-corrected chi connectivity index (χ0v) is 11.0. The number of aliphatic hydroxyl groups is 1. The Hall–Kier alpha value is -1.08. The molecule has 1 aromatic rings. The van der Waals surface area contributed by atoms with E-state index in [9.17, 15) is 18.7 Å². The van der Waals surface area contributed by atoms with E-state index in [2.05, 4.69) is 5.32 Å². The second kappa shape index (κ2) is 5.92. The molecule has 7 heteroatoms. The molecular weight excluding hydrogens is 276 g/mol. The minimum absolute atomic E-state index is 0.0239. The van der Waals surface area contributed by atoms with Crippen LogP contribution in [-0.4, -0.2) is 28.9 Å². The predicted octanol–water partition coefficient (Wildman–Crippen LogP) is 2.38. The number of rotatable bonds is 6. The highest BCUT2D eigenvalue weighted by atomic mass is 32.2. The van der Waals surface area contributed by atoms with E-state index in [0.717, 1.165) is 19.3 Å². The molecule has 0 aliphatic heterocycles. The second-order valence-corrected chi connectivity index (χ2v) is 5.56. The lowest BCUT2D eigenvalue weighted by Gasteiger charge is -2.40. The van der Waals surface area contributed by atoms with Crippen LogP contribution in [0, 0.1) is 0 Å². The van der Waals surface area contributed by atoms with Crippen LogP contribution in [0.2, 0.25) is 0 Å².